The minimum absolute atomic E-state index is 0.606. The van der Waals surface area contributed by atoms with Crippen molar-refractivity contribution in [2.45, 2.75) is 0 Å². The van der Waals surface area contributed by atoms with Gasteiger partial charge in [-0.3, -0.25) is 15.0 Å². The van der Waals surface area contributed by atoms with Crippen molar-refractivity contribution in [2.75, 3.05) is 13.6 Å². The number of rotatable bonds is 1. The number of hydrogen-bond acceptors (Lipinski definition) is 4. The number of nitrogens with one attached hydrogen (secondary N) is 1. The fourth-order valence-electron chi connectivity index (χ4n) is 1.45. The van der Waals surface area contributed by atoms with E-state index in [0.717, 1.165) is 22.7 Å². The molecule has 15 heavy (non-hydrogen) atoms. The lowest BCUT2D eigenvalue weighted by Gasteiger charge is -2.27. The smallest absolute Gasteiger partial charge is 0.168 e. The minimum atomic E-state index is 0.606. The largest absolute Gasteiger partial charge is 0.300 e. The van der Waals surface area contributed by atoms with Gasteiger partial charge < -0.3 is 5.43 Å². The Hall–Kier alpha value is -1.78. The highest BCUT2D eigenvalue weighted by molar-refractivity contribution is 6.32. The third kappa shape index (κ3) is 2.01. The normalized spacial score (nSPS) is 15.9. The molecule has 1 aliphatic rings. The monoisotopic (exact) mass is 200 g/mol. The molecular formula is C10H13BN4. The summed E-state index contributed by atoms with van der Waals surface area (Å²) in [6.45, 7) is 4.43. The Morgan fingerprint density at radius 3 is 2.93 bits per heavy atom. The molecule has 0 saturated heterocycles. The van der Waals surface area contributed by atoms with Crippen LogP contribution in [-0.4, -0.2) is 37.3 Å². The van der Waals surface area contributed by atoms with Gasteiger partial charge in [0.15, 0.2) is 5.84 Å². The molecule has 5 heteroatoms. The van der Waals surface area contributed by atoms with Crippen molar-refractivity contribution in [1.29, 1.82) is 0 Å². The van der Waals surface area contributed by atoms with Gasteiger partial charge in [-0.2, -0.15) is 0 Å². The maximum Gasteiger partial charge on any atom is 0.168 e. The van der Waals surface area contributed by atoms with Crippen molar-refractivity contribution in [1.82, 2.24) is 15.4 Å². The number of aromatic nitrogens is 1. The summed E-state index contributed by atoms with van der Waals surface area (Å²) in [6.07, 6.45) is 1.84. The molecule has 0 aromatic carbocycles. The second-order valence-corrected chi connectivity index (χ2v) is 3.63. The van der Waals surface area contributed by atoms with Crippen molar-refractivity contribution in [2.24, 2.45) is 4.99 Å². The standard InChI is InChI=1S/C10H13BN4/c1-7-5-13-10(15(2)14-7)9-4-3-8(11)6-12-9/h3-4,6,14H,1,5,11H2,2H3. The van der Waals surface area contributed by atoms with Gasteiger partial charge in [-0.15, -0.1) is 0 Å². The maximum atomic E-state index is 4.41. The van der Waals surface area contributed by atoms with E-state index in [2.05, 4.69) is 22.0 Å². The molecule has 0 unspecified atom stereocenters. The summed E-state index contributed by atoms with van der Waals surface area (Å²) < 4.78 is 0. The van der Waals surface area contributed by atoms with Gasteiger partial charge in [-0.25, -0.2) is 0 Å². The van der Waals surface area contributed by atoms with E-state index in [4.69, 9.17) is 0 Å². The van der Waals surface area contributed by atoms with E-state index < -0.39 is 0 Å². The van der Waals surface area contributed by atoms with E-state index in [0.29, 0.717) is 6.54 Å². The van der Waals surface area contributed by atoms with Crippen molar-refractivity contribution >= 4 is 19.1 Å². The van der Waals surface area contributed by atoms with Crippen LogP contribution in [0, 0.1) is 0 Å². The van der Waals surface area contributed by atoms with E-state index in [9.17, 15) is 0 Å². The SMILES string of the molecule is Bc1ccc(C2=NCC(=C)NN2C)nc1. The van der Waals surface area contributed by atoms with Gasteiger partial charge in [0.2, 0.25) is 0 Å². The number of nitrogens with zero attached hydrogens (tertiary/aromatic N) is 3. The first-order chi connectivity index (χ1) is 7.16. The molecule has 0 fully saturated rings. The molecule has 0 spiro atoms. The fraction of sp³-hybridized carbons (Fsp3) is 0.200. The van der Waals surface area contributed by atoms with Crippen LogP contribution in [0.25, 0.3) is 0 Å². The third-order valence-electron chi connectivity index (χ3n) is 2.20. The second-order valence-electron chi connectivity index (χ2n) is 3.63. The van der Waals surface area contributed by atoms with E-state index in [1.165, 1.54) is 0 Å². The average Bonchev–Trinajstić information content (AvgIpc) is 2.20. The van der Waals surface area contributed by atoms with Crippen LogP contribution in [0.5, 0.6) is 0 Å². The van der Waals surface area contributed by atoms with Crippen LogP contribution in [0.4, 0.5) is 0 Å². The van der Waals surface area contributed by atoms with Gasteiger partial charge in [0.25, 0.3) is 0 Å². The van der Waals surface area contributed by atoms with Gasteiger partial charge >= 0.3 is 0 Å². The lowest BCUT2D eigenvalue weighted by Crippen LogP contribution is -2.43. The second kappa shape index (κ2) is 3.77. The summed E-state index contributed by atoms with van der Waals surface area (Å²) in [5.74, 6) is 0.849. The molecule has 0 amide bonds. The number of aliphatic imine (C=N–C) groups is 1. The topological polar surface area (TPSA) is 40.5 Å². The predicted molar refractivity (Wildman–Crippen MR) is 63.9 cm³/mol. The molecule has 1 aromatic rings. The highest BCUT2D eigenvalue weighted by atomic mass is 15.5. The first-order valence-electron chi connectivity index (χ1n) is 4.82. The van der Waals surface area contributed by atoms with Gasteiger partial charge in [-0.1, -0.05) is 18.1 Å². The highest BCUT2D eigenvalue weighted by Gasteiger charge is 2.15. The summed E-state index contributed by atoms with van der Waals surface area (Å²) in [5.41, 5.74) is 6.03. The number of amidine groups is 1. The van der Waals surface area contributed by atoms with Gasteiger partial charge in [0.1, 0.15) is 13.5 Å². The fourth-order valence-corrected chi connectivity index (χ4v) is 1.45. The lowest BCUT2D eigenvalue weighted by molar-refractivity contribution is 0.395. The maximum absolute atomic E-state index is 4.41. The van der Waals surface area contributed by atoms with Crippen LogP contribution in [0.3, 0.4) is 0 Å². The molecule has 0 saturated carbocycles. The number of hydrazine groups is 1. The van der Waals surface area contributed by atoms with E-state index in [-0.39, 0.29) is 0 Å². The Balaban J connectivity index is 2.31. The summed E-state index contributed by atoms with van der Waals surface area (Å²) >= 11 is 0. The Kier molecular flexibility index (Phi) is 2.45. The van der Waals surface area contributed by atoms with Crippen LogP contribution < -0.4 is 10.9 Å². The van der Waals surface area contributed by atoms with E-state index in [1.807, 2.05) is 38.2 Å². The molecule has 0 atom stereocenters. The molecule has 76 valence electrons. The van der Waals surface area contributed by atoms with Crippen LogP contribution in [-0.2, 0) is 0 Å². The van der Waals surface area contributed by atoms with Crippen LogP contribution in [0.15, 0.2) is 35.6 Å². The molecule has 1 N–H and O–H groups in total. The first kappa shape index (κ1) is 9.77. The lowest BCUT2D eigenvalue weighted by atomic mass is 9.99. The molecule has 2 rings (SSSR count). The molecule has 0 aliphatic carbocycles. The zero-order valence-corrected chi connectivity index (χ0v) is 8.99. The summed E-state index contributed by atoms with van der Waals surface area (Å²) in [7, 11) is 3.92. The summed E-state index contributed by atoms with van der Waals surface area (Å²) in [6, 6.07) is 4.00. The quantitative estimate of drug-likeness (QED) is 0.594. The molecular weight excluding hydrogens is 187 g/mol. The van der Waals surface area contributed by atoms with E-state index in [1.54, 1.807) is 0 Å². The molecule has 0 radical (unpaired) electrons. The number of hydrogen-bond donors (Lipinski definition) is 1. The molecule has 1 aliphatic heterocycles. The third-order valence-corrected chi connectivity index (χ3v) is 2.20. The average molecular weight is 200 g/mol. The molecule has 2 heterocycles. The number of pyridine rings is 1. The van der Waals surface area contributed by atoms with Crippen LogP contribution in [0.2, 0.25) is 0 Å². The Morgan fingerprint density at radius 1 is 1.53 bits per heavy atom. The van der Waals surface area contributed by atoms with Crippen LogP contribution >= 0.6 is 0 Å². The summed E-state index contributed by atoms with van der Waals surface area (Å²) in [4.78, 5) is 8.74. The first-order valence-corrected chi connectivity index (χ1v) is 4.82. The molecule has 1 aromatic heterocycles. The zero-order valence-electron chi connectivity index (χ0n) is 8.99. The molecule has 4 nitrogen and oxygen atoms in total. The van der Waals surface area contributed by atoms with Gasteiger partial charge in [0.05, 0.1) is 6.54 Å². The zero-order chi connectivity index (χ0) is 10.8. The summed E-state index contributed by atoms with van der Waals surface area (Å²) in [5, 5.41) is 1.84. The van der Waals surface area contributed by atoms with Crippen LogP contribution in [0.1, 0.15) is 5.69 Å². The van der Waals surface area contributed by atoms with Crippen molar-refractivity contribution in [3.05, 3.63) is 36.3 Å². The van der Waals surface area contributed by atoms with Crippen molar-refractivity contribution in [3.8, 4) is 0 Å². The predicted octanol–water partition coefficient (Wildman–Crippen LogP) is -0.950. The van der Waals surface area contributed by atoms with Crippen molar-refractivity contribution in [3.63, 3.8) is 0 Å². The van der Waals surface area contributed by atoms with Gasteiger partial charge in [-0.05, 0) is 6.07 Å². The van der Waals surface area contributed by atoms with Crippen molar-refractivity contribution < 1.29 is 0 Å². The Bertz CT molecular complexity index is 410. The molecule has 0 bridgehead atoms. The van der Waals surface area contributed by atoms with E-state index >= 15 is 0 Å². The minimum Gasteiger partial charge on any atom is -0.300 e. The Labute approximate surface area is 90.1 Å². The Morgan fingerprint density at radius 2 is 2.33 bits per heavy atom. The highest BCUT2D eigenvalue weighted by Crippen LogP contribution is 2.05. The van der Waals surface area contributed by atoms with Gasteiger partial charge in [0, 0.05) is 18.9 Å².